The van der Waals surface area contributed by atoms with E-state index in [1.807, 2.05) is 7.11 Å². The monoisotopic (exact) mass is 334 g/mol. The normalized spacial score (nSPS) is 54.1. The van der Waals surface area contributed by atoms with Crippen molar-refractivity contribution in [2.45, 2.75) is 71.3 Å². The van der Waals surface area contributed by atoms with E-state index >= 15 is 0 Å². The molecule has 4 aliphatic carbocycles. The molecule has 4 saturated carbocycles. The van der Waals surface area contributed by atoms with Gasteiger partial charge < -0.3 is 9.84 Å². The average Bonchev–Trinajstić information content (AvgIpc) is 2.85. The largest absolute Gasteiger partial charge is 0.393 e. The number of hydrogen-bond donors (Lipinski definition) is 1. The van der Waals surface area contributed by atoms with Crippen LogP contribution >= 0.6 is 0 Å². The number of carbonyl (C=O) groups is 1. The third-order valence-corrected chi connectivity index (χ3v) is 8.91. The predicted octanol–water partition coefficient (Wildman–Crippen LogP) is 3.83. The SMILES string of the molecule is COCC1C[C@H]2C[C@@H](O)CC[C@]2(C)[C@H]2CC[C@]3(C)C(=O)CC[C@H]3[C@H]12. The Kier molecular flexibility index (Phi) is 4.12. The Hall–Kier alpha value is -0.410. The van der Waals surface area contributed by atoms with E-state index in [0.717, 1.165) is 45.1 Å². The summed E-state index contributed by atoms with van der Waals surface area (Å²) < 4.78 is 5.63. The molecule has 3 nitrogen and oxygen atoms in total. The Bertz CT molecular complexity index is 517. The number of methoxy groups -OCH3 is 1. The van der Waals surface area contributed by atoms with Crippen molar-refractivity contribution in [2.75, 3.05) is 13.7 Å². The highest BCUT2D eigenvalue weighted by atomic mass is 16.5. The Morgan fingerprint density at radius 1 is 1.12 bits per heavy atom. The summed E-state index contributed by atoms with van der Waals surface area (Å²) in [5, 5.41) is 10.2. The summed E-state index contributed by atoms with van der Waals surface area (Å²) in [6.07, 6.45) is 8.36. The smallest absolute Gasteiger partial charge is 0.139 e. The maximum atomic E-state index is 12.6. The Labute approximate surface area is 146 Å². The van der Waals surface area contributed by atoms with Crippen molar-refractivity contribution in [2.24, 2.45) is 40.4 Å². The fraction of sp³-hybridized carbons (Fsp3) is 0.952. The molecular formula is C21H34O3. The van der Waals surface area contributed by atoms with Crippen molar-refractivity contribution >= 4 is 5.78 Å². The van der Waals surface area contributed by atoms with Crippen LogP contribution in [0.3, 0.4) is 0 Å². The summed E-state index contributed by atoms with van der Waals surface area (Å²) in [6.45, 7) is 5.58. The van der Waals surface area contributed by atoms with Crippen molar-refractivity contribution in [3.8, 4) is 0 Å². The van der Waals surface area contributed by atoms with E-state index in [1.54, 1.807) is 0 Å². The number of fused-ring (bicyclic) bond motifs is 5. The summed E-state index contributed by atoms with van der Waals surface area (Å²) >= 11 is 0. The molecule has 0 amide bonds. The lowest BCUT2D eigenvalue weighted by Crippen LogP contribution is -2.57. The fourth-order valence-electron chi connectivity index (χ4n) is 7.56. The highest BCUT2D eigenvalue weighted by molar-refractivity contribution is 5.87. The first-order valence-corrected chi connectivity index (χ1v) is 10.1. The van der Waals surface area contributed by atoms with E-state index in [4.69, 9.17) is 4.74 Å². The first-order valence-electron chi connectivity index (χ1n) is 10.1. The van der Waals surface area contributed by atoms with E-state index in [0.29, 0.717) is 40.8 Å². The molecule has 0 aromatic heterocycles. The van der Waals surface area contributed by atoms with Gasteiger partial charge >= 0.3 is 0 Å². The third kappa shape index (κ3) is 2.26. The predicted molar refractivity (Wildman–Crippen MR) is 93.5 cm³/mol. The summed E-state index contributed by atoms with van der Waals surface area (Å²) in [6, 6.07) is 0. The van der Waals surface area contributed by atoms with Crippen LogP contribution < -0.4 is 0 Å². The van der Waals surface area contributed by atoms with E-state index in [-0.39, 0.29) is 11.5 Å². The van der Waals surface area contributed by atoms with Gasteiger partial charge in [-0.3, -0.25) is 4.79 Å². The first kappa shape index (κ1) is 17.0. The second-order valence-corrected chi connectivity index (χ2v) is 9.79. The van der Waals surface area contributed by atoms with Crippen LogP contribution in [0.1, 0.15) is 65.2 Å². The third-order valence-electron chi connectivity index (χ3n) is 8.91. The molecule has 1 N–H and O–H groups in total. The molecule has 4 rings (SSSR count). The highest BCUT2D eigenvalue weighted by Crippen LogP contribution is 2.66. The van der Waals surface area contributed by atoms with Gasteiger partial charge in [0.15, 0.2) is 0 Å². The Morgan fingerprint density at radius 3 is 2.67 bits per heavy atom. The minimum absolute atomic E-state index is 0.0649. The molecule has 1 unspecified atom stereocenters. The van der Waals surface area contributed by atoms with Gasteiger partial charge in [-0.1, -0.05) is 13.8 Å². The van der Waals surface area contributed by atoms with Gasteiger partial charge in [-0.2, -0.15) is 0 Å². The lowest BCUT2D eigenvalue weighted by molar-refractivity contribution is -0.161. The maximum absolute atomic E-state index is 12.6. The van der Waals surface area contributed by atoms with Crippen LogP contribution in [0.25, 0.3) is 0 Å². The minimum atomic E-state index is -0.107. The van der Waals surface area contributed by atoms with Crippen LogP contribution in [-0.4, -0.2) is 30.7 Å². The van der Waals surface area contributed by atoms with Crippen LogP contribution in [0.5, 0.6) is 0 Å². The van der Waals surface area contributed by atoms with Crippen LogP contribution in [0.15, 0.2) is 0 Å². The van der Waals surface area contributed by atoms with Crippen LogP contribution in [0, 0.1) is 40.4 Å². The van der Waals surface area contributed by atoms with E-state index in [2.05, 4.69) is 13.8 Å². The second-order valence-electron chi connectivity index (χ2n) is 9.79. The van der Waals surface area contributed by atoms with Gasteiger partial charge in [0.25, 0.3) is 0 Å². The summed E-state index contributed by atoms with van der Waals surface area (Å²) in [4.78, 5) is 12.6. The number of aliphatic hydroxyl groups excluding tert-OH is 1. The van der Waals surface area contributed by atoms with Crippen LogP contribution in [0.2, 0.25) is 0 Å². The van der Waals surface area contributed by atoms with Crippen molar-refractivity contribution in [1.82, 2.24) is 0 Å². The lowest BCUT2D eigenvalue weighted by atomic mass is 9.43. The number of aliphatic hydroxyl groups is 1. The quantitative estimate of drug-likeness (QED) is 0.835. The molecule has 0 aliphatic heterocycles. The van der Waals surface area contributed by atoms with Crippen molar-refractivity contribution in [3.05, 3.63) is 0 Å². The molecule has 3 heteroatoms. The molecular weight excluding hydrogens is 300 g/mol. The molecule has 0 aromatic carbocycles. The van der Waals surface area contributed by atoms with E-state index in [1.165, 1.54) is 12.8 Å². The van der Waals surface area contributed by atoms with E-state index < -0.39 is 0 Å². The molecule has 4 fully saturated rings. The first-order chi connectivity index (χ1) is 11.4. The Morgan fingerprint density at radius 2 is 1.92 bits per heavy atom. The molecule has 0 saturated heterocycles. The average molecular weight is 335 g/mol. The molecule has 8 atom stereocenters. The van der Waals surface area contributed by atoms with Crippen molar-refractivity contribution in [3.63, 3.8) is 0 Å². The zero-order valence-corrected chi connectivity index (χ0v) is 15.6. The van der Waals surface area contributed by atoms with Gasteiger partial charge in [-0.05, 0) is 80.0 Å². The molecule has 0 radical (unpaired) electrons. The van der Waals surface area contributed by atoms with Crippen molar-refractivity contribution in [1.29, 1.82) is 0 Å². The van der Waals surface area contributed by atoms with Gasteiger partial charge in [0.2, 0.25) is 0 Å². The summed E-state index contributed by atoms with van der Waals surface area (Å²) in [5.74, 6) is 3.64. The topological polar surface area (TPSA) is 46.5 Å². The standard InChI is InChI=1S/C21H34O3/c1-20-8-6-15(22)11-14(20)10-13(12-24-3)19-16-4-5-18(23)21(16,2)9-7-17(19)20/h13-17,19,22H,4-12H2,1-3H3/t13?,14-,15-,16-,17-,19-,20-,21-/m0/s1. The molecule has 4 aliphatic rings. The van der Waals surface area contributed by atoms with Gasteiger partial charge in [0.1, 0.15) is 5.78 Å². The summed E-state index contributed by atoms with van der Waals surface area (Å²) in [7, 11) is 1.82. The number of rotatable bonds is 2. The molecule has 0 heterocycles. The number of carbonyl (C=O) groups excluding carboxylic acids is 1. The Balaban J connectivity index is 1.70. The van der Waals surface area contributed by atoms with E-state index in [9.17, 15) is 9.90 Å². The number of hydrogen-bond acceptors (Lipinski definition) is 3. The minimum Gasteiger partial charge on any atom is -0.393 e. The molecule has 0 aromatic rings. The van der Waals surface area contributed by atoms with Crippen LogP contribution in [-0.2, 0) is 9.53 Å². The second kappa shape index (κ2) is 5.81. The molecule has 24 heavy (non-hydrogen) atoms. The number of ketones is 1. The summed E-state index contributed by atoms with van der Waals surface area (Å²) in [5.41, 5.74) is 0.297. The zero-order valence-electron chi connectivity index (χ0n) is 15.6. The van der Waals surface area contributed by atoms with Gasteiger partial charge in [0.05, 0.1) is 6.10 Å². The van der Waals surface area contributed by atoms with Crippen molar-refractivity contribution < 1.29 is 14.6 Å². The molecule has 0 spiro atoms. The maximum Gasteiger partial charge on any atom is 0.139 e. The lowest BCUT2D eigenvalue weighted by Gasteiger charge is -2.62. The highest BCUT2D eigenvalue weighted by Gasteiger charge is 2.62. The number of ether oxygens (including phenoxy) is 1. The number of Topliss-reactive ketones (excluding diaryl/α,β-unsaturated/α-hetero) is 1. The van der Waals surface area contributed by atoms with Gasteiger partial charge in [0, 0.05) is 25.6 Å². The van der Waals surface area contributed by atoms with Crippen LogP contribution in [0.4, 0.5) is 0 Å². The van der Waals surface area contributed by atoms with Gasteiger partial charge in [-0.15, -0.1) is 0 Å². The van der Waals surface area contributed by atoms with Gasteiger partial charge in [-0.25, -0.2) is 0 Å². The fourth-order valence-corrected chi connectivity index (χ4v) is 7.56. The zero-order chi connectivity index (χ0) is 17.1. The molecule has 136 valence electrons. The molecule has 0 bridgehead atoms.